The summed E-state index contributed by atoms with van der Waals surface area (Å²) in [6.07, 6.45) is 4.14. The van der Waals surface area contributed by atoms with Gasteiger partial charge in [0.25, 0.3) is 0 Å². The van der Waals surface area contributed by atoms with E-state index in [0.29, 0.717) is 0 Å². The van der Waals surface area contributed by atoms with Gasteiger partial charge in [0.15, 0.2) is 5.82 Å². The SMILES string of the molecule is CCCCN(C)C(=O)[C@H]1CCCN(c2ccc(-c3ccccc3C)nn2)C1. The van der Waals surface area contributed by atoms with Crippen LogP contribution in [0, 0.1) is 12.8 Å². The number of amides is 1. The lowest BCUT2D eigenvalue weighted by Crippen LogP contribution is -2.44. The molecule has 1 saturated heterocycles. The molecule has 1 amide bonds. The normalized spacial score (nSPS) is 17.0. The lowest BCUT2D eigenvalue weighted by atomic mass is 9.96. The molecule has 1 aromatic heterocycles. The second kappa shape index (κ2) is 8.98. The van der Waals surface area contributed by atoms with Crippen LogP contribution in [0.3, 0.4) is 0 Å². The maximum atomic E-state index is 12.7. The van der Waals surface area contributed by atoms with Gasteiger partial charge in [0.05, 0.1) is 11.6 Å². The smallest absolute Gasteiger partial charge is 0.227 e. The first-order chi connectivity index (χ1) is 13.1. The summed E-state index contributed by atoms with van der Waals surface area (Å²) in [6, 6.07) is 12.3. The number of rotatable bonds is 6. The highest BCUT2D eigenvalue weighted by molar-refractivity contribution is 5.79. The zero-order chi connectivity index (χ0) is 19.2. The largest absolute Gasteiger partial charge is 0.354 e. The van der Waals surface area contributed by atoms with Crippen molar-refractivity contribution in [1.82, 2.24) is 15.1 Å². The monoisotopic (exact) mass is 366 g/mol. The Hall–Kier alpha value is -2.43. The van der Waals surface area contributed by atoms with E-state index in [9.17, 15) is 4.79 Å². The van der Waals surface area contributed by atoms with Crippen LogP contribution in [0.15, 0.2) is 36.4 Å². The van der Waals surface area contributed by atoms with Crippen LogP contribution in [0.25, 0.3) is 11.3 Å². The van der Waals surface area contributed by atoms with Gasteiger partial charge in [-0.1, -0.05) is 37.6 Å². The van der Waals surface area contributed by atoms with E-state index < -0.39 is 0 Å². The van der Waals surface area contributed by atoms with Crippen molar-refractivity contribution < 1.29 is 4.79 Å². The summed E-state index contributed by atoms with van der Waals surface area (Å²) in [5.74, 6) is 1.18. The Balaban J connectivity index is 1.67. The van der Waals surface area contributed by atoms with E-state index in [1.165, 1.54) is 5.56 Å². The van der Waals surface area contributed by atoms with Gasteiger partial charge in [-0.15, -0.1) is 10.2 Å². The lowest BCUT2D eigenvalue weighted by Gasteiger charge is -2.34. The third-order valence-corrected chi connectivity index (χ3v) is 5.39. The summed E-state index contributed by atoms with van der Waals surface area (Å²) >= 11 is 0. The van der Waals surface area contributed by atoms with E-state index in [2.05, 4.69) is 41.1 Å². The summed E-state index contributed by atoms with van der Waals surface area (Å²) in [5.41, 5.74) is 3.19. The van der Waals surface area contributed by atoms with Gasteiger partial charge in [0.2, 0.25) is 5.91 Å². The fourth-order valence-electron chi connectivity index (χ4n) is 3.70. The lowest BCUT2D eigenvalue weighted by molar-refractivity contribution is -0.134. The Morgan fingerprint density at radius 3 is 2.74 bits per heavy atom. The maximum Gasteiger partial charge on any atom is 0.227 e. The molecule has 0 aliphatic carbocycles. The zero-order valence-electron chi connectivity index (χ0n) is 16.7. The van der Waals surface area contributed by atoms with Gasteiger partial charge in [0.1, 0.15) is 0 Å². The molecule has 2 heterocycles. The number of aromatic nitrogens is 2. The highest BCUT2D eigenvalue weighted by Gasteiger charge is 2.28. The van der Waals surface area contributed by atoms with Gasteiger partial charge in [-0.2, -0.15) is 0 Å². The number of nitrogens with zero attached hydrogens (tertiary/aromatic N) is 4. The predicted octanol–water partition coefficient (Wildman–Crippen LogP) is 3.93. The van der Waals surface area contributed by atoms with Crippen LogP contribution in [0.4, 0.5) is 5.82 Å². The molecular weight excluding hydrogens is 336 g/mol. The number of benzene rings is 1. The average Bonchev–Trinajstić information content (AvgIpc) is 2.72. The quantitative estimate of drug-likeness (QED) is 0.777. The number of unbranched alkanes of at least 4 members (excludes halogenated alkanes) is 1. The zero-order valence-corrected chi connectivity index (χ0v) is 16.7. The summed E-state index contributed by atoms with van der Waals surface area (Å²) in [6.45, 7) is 6.74. The Labute approximate surface area is 162 Å². The van der Waals surface area contributed by atoms with Crippen LogP contribution in [0.1, 0.15) is 38.2 Å². The first-order valence-electron chi connectivity index (χ1n) is 9.99. The summed E-state index contributed by atoms with van der Waals surface area (Å²) < 4.78 is 0. The first-order valence-corrected chi connectivity index (χ1v) is 9.99. The molecule has 1 fully saturated rings. The van der Waals surface area contributed by atoms with Crippen LogP contribution in [0.5, 0.6) is 0 Å². The molecule has 1 aromatic carbocycles. The Morgan fingerprint density at radius 1 is 1.22 bits per heavy atom. The van der Waals surface area contributed by atoms with Gasteiger partial charge in [-0.05, 0) is 43.9 Å². The number of carbonyl (C=O) groups is 1. The topological polar surface area (TPSA) is 49.3 Å². The van der Waals surface area contributed by atoms with E-state index in [1.807, 2.05) is 36.2 Å². The van der Waals surface area contributed by atoms with Gasteiger partial charge in [0, 0.05) is 32.2 Å². The van der Waals surface area contributed by atoms with Crippen molar-refractivity contribution in [2.75, 3.05) is 31.6 Å². The van der Waals surface area contributed by atoms with Crippen molar-refractivity contribution in [2.24, 2.45) is 5.92 Å². The molecule has 3 rings (SSSR count). The van der Waals surface area contributed by atoms with Crippen molar-refractivity contribution in [3.05, 3.63) is 42.0 Å². The van der Waals surface area contributed by atoms with E-state index in [4.69, 9.17) is 0 Å². The highest BCUT2D eigenvalue weighted by Crippen LogP contribution is 2.25. The van der Waals surface area contributed by atoms with E-state index in [0.717, 1.165) is 62.4 Å². The molecule has 0 spiro atoms. The third kappa shape index (κ3) is 4.65. The summed E-state index contributed by atoms with van der Waals surface area (Å²) in [5, 5.41) is 8.90. The number of piperidine rings is 1. The molecular formula is C22H30N4O. The highest BCUT2D eigenvalue weighted by atomic mass is 16.2. The molecule has 0 bridgehead atoms. The minimum Gasteiger partial charge on any atom is -0.354 e. The number of hydrogen-bond acceptors (Lipinski definition) is 4. The van der Waals surface area contributed by atoms with Gasteiger partial charge >= 0.3 is 0 Å². The molecule has 1 aliphatic heterocycles. The third-order valence-electron chi connectivity index (χ3n) is 5.39. The molecule has 1 aliphatic rings. The first kappa shape index (κ1) is 19.3. The standard InChI is InChI=1S/C22H30N4O/c1-4-5-14-25(3)22(27)18-10-8-15-26(16-18)21-13-12-20(23-24-21)19-11-7-6-9-17(19)2/h6-7,9,11-13,18H,4-5,8,10,14-16H2,1-3H3/t18-/m0/s1. The molecule has 2 aromatic rings. The second-order valence-corrected chi connectivity index (χ2v) is 7.49. The Bertz CT molecular complexity index is 759. The van der Waals surface area contributed by atoms with Crippen LogP contribution >= 0.6 is 0 Å². The second-order valence-electron chi connectivity index (χ2n) is 7.49. The minimum atomic E-state index is 0.0541. The molecule has 0 N–H and O–H groups in total. The van der Waals surface area contributed by atoms with Crippen LogP contribution in [0.2, 0.25) is 0 Å². The van der Waals surface area contributed by atoms with Crippen LogP contribution in [-0.2, 0) is 4.79 Å². The number of carbonyl (C=O) groups excluding carboxylic acids is 1. The molecule has 144 valence electrons. The number of anilines is 1. The Morgan fingerprint density at radius 2 is 2.04 bits per heavy atom. The molecule has 5 heteroatoms. The van der Waals surface area contributed by atoms with Crippen molar-refractivity contribution in [2.45, 2.75) is 39.5 Å². The number of aryl methyl sites for hydroxylation is 1. The average molecular weight is 367 g/mol. The summed E-state index contributed by atoms with van der Waals surface area (Å²) in [7, 11) is 1.92. The van der Waals surface area contributed by atoms with Crippen LogP contribution in [-0.4, -0.2) is 47.7 Å². The predicted molar refractivity (Wildman–Crippen MR) is 110 cm³/mol. The number of hydrogen-bond donors (Lipinski definition) is 0. The van der Waals surface area contributed by atoms with Crippen molar-refractivity contribution >= 4 is 11.7 Å². The van der Waals surface area contributed by atoms with Gasteiger partial charge in [-0.3, -0.25) is 4.79 Å². The molecule has 27 heavy (non-hydrogen) atoms. The van der Waals surface area contributed by atoms with Crippen LogP contribution < -0.4 is 4.90 Å². The van der Waals surface area contributed by atoms with Crippen molar-refractivity contribution in [1.29, 1.82) is 0 Å². The van der Waals surface area contributed by atoms with Crippen molar-refractivity contribution in [3.8, 4) is 11.3 Å². The molecule has 0 radical (unpaired) electrons. The summed E-state index contributed by atoms with van der Waals surface area (Å²) in [4.78, 5) is 16.8. The Kier molecular flexibility index (Phi) is 6.43. The van der Waals surface area contributed by atoms with Gasteiger partial charge in [-0.25, -0.2) is 0 Å². The fourth-order valence-corrected chi connectivity index (χ4v) is 3.70. The van der Waals surface area contributed by atoms with E-state index >= 15 is 0 Å². The van der Waals surface area contributed by atoms with E-state index in [-0.39, 0.29) is 11.8 Å². The molecule has 0 saturated carbocycles. The maximum absolute atomic E-state index is 12.7. The van der Waals surface area contributed by atoms with E-state index in [1.54, 1.807) is 0 Å². The molecule has 0 unspecified atom stereocenters. The molecule has 5 nitrogen and oxygen atoms in total. The van der Waals surface area contributed by atoms with Gasteiger partial charge < -0.3 is 9.80 Å². The molecule has 1 atom stereocenters. The van der Waals surface area contributed by atoms with Crippen molar-refractivity contribution in [3.63, 3.8) is 0 Å². The minimum absolute atomic E-state index is 0.0541. The fraction of sp³-hybridized carbons (Fsp3) is 0.500.